The van der Waals surface area contributed by atoms with Crippen LogP contribution in [0.25, 0.3) is 22.5 Å². The molecule has 0 bridgehead atoms. The summed E-state index contributed by atoms with van der Waals surface area (Å²) < 4.78 is 63.0. The van der Waals surface area contributed by atoms with Crippen LogP contribution in [-0.2, 0) is 33.5 Å². The molecule has 4 heterocycles. The highest BCUT2D eigenvalue weighted by Crippen LogP contribution is 2.47. The van der Waals surface area contributed by atoms with Gasteiger partial charge in [-0.15, -0.1) is 5.10 Å². The Balaban J connectivity index is 1.32. The second-order valence-corrected chi connectivity index (χ2v) is 9.72. The molecule has 2 atom stereocenters. The van der Waals surface area contributed by atoms with E-state index in [0.29, 0.717) is 49.9 Å². The number of nitrogens with zero attached hydrogens (tertiary/aromatic N) is 5. The fraction of sp³-hybridized carbons (Fsp3) is 0.560. The van der Waals surface area contributed by atoms with Crippen molar-refractivity contribution in [1.29, 1.82) is 0 Å². The van der Waals surface area contributed by atoms with Crippen LogP contribution in [-0.4, -0.2) is 63.4 Å². The largest absolute Gasteiger partial charge is 0.417 e. The van der Waals surface area contributed by atoms with E-state index in [-0.39, 0.29) is 23.7 Å². The lowest BCUT2D eigenvalue weighted by molar-refractivity contribution is -0.137. The summed E-state index contributed by atoms with van der Waals surface area (Å²) in [6.45, 7) is 3.21. The third kappa shape index (κ3) is 5.05. The third-order valence-corrected chi connectivity index (χ3v) is 6.91. The molecule has 3 aromatic rings. The van der Waals surface area contributed by atoms with Crippen LogP contribution in [0, 0.1) is 0 Å². The summed E-state index contributed by atoms with van der Waals surface area (Å²) in [5.41, 5.74) is 1.36. The minimum Gasteiger partial charge on any atom is -0.376 e. The van der Waals surface area contributed by atoms with Crippen molar-refractivity contribution in [3.05, 3.63) is 41.7 Å². The first kappa shape index (κ1) is 23.6. The Morgan fingerprint density at radius 3 is 2.50 bits per heavy atom. The van der Waals surface area contributed by atoms with Crippen molar-refractivity contribution in [3.8, 4) is 22.5 Å². The molecular weight excluding hydrogens is 475 g/mol. The van der Waals surface area contributed by atoms with E-state index < -0.39 is 11.7 Å². The highest BCUT2D eigenvalue weighted by molar-refractivity contribution is 5.73. The van der Waals surface area contributed by atoms with Crippen molar-refractivity contribution < 1.29 is 27.4 Å². The number of hydrogen-bond donors (Lipinski definition) is 0. The third-order valence-electron chi connectivity index (χ3n) is 6.91. The van der Waals surface area contributed by atoms with Crippen LogP contribution in [0.2, 0.25) is 0 Å². The molecule has 1 saturated carbocycles. The van der Waals surface area contributed by atoms with Crippen LogP contribution in [0.3, 0.4) is 0 Å². The van der Waals surface area contributed by atoms with Crippen molar-refractivity contribution in [1.82, 2.24) is 24.8 Å². The van der Waals surface area contributed by atoms with Gasteiger partial charge in [0, 0.05) is 29.5 Å². The van der Waals surface area contributed by atoms with Gasteiger partial charge in [-0.25, -0.2) is 4.68 Å². The fourth-order valence-corrected chi connectivity index (χ4v) is 4.94. The van der Waals surface area contributed by atoms with Gasteiger partial charge in [-0.3, -0.25) is 4.68 Å². The number of ether oxygens (including phenoxy) is 3. The molecule has 2 saturated heterocycles. The van der Waals surface area contributed by atoms with Gasteiger partial charge >= 0.3 is 6.18 Å². The SMILES string of the molecule is FC(F)(F)c1cc(-c2cn(C[C@@H]3CCCO3)nn2)ccc1-c1nn(C[C@H]2COCCO2)cc1C1CC1. The molecular formula is C25H28F3N5O3. The molecule has 8 nitrogen and oxygen atoms in total. The molecule has 2 aromatic heterocycles. The Kier molecular flexibility index (Phi) is 6.30. The lowest BCUT2D eigenvalue weighted by atomic mass is 9.96. The number of rotatable bonds is 7. The smallest absolute Gasteiger partial charge is 0.376 e. The maximum Gasteiger partial charge on any atom is 0.417 e. The van der Waals surface area contributed by atoms with E-state index in [1.807, 2.05) is 6.20 Å². The van der Waals surface area contributed by atoms with Gasteiger partial charge in [-0.2, -0.15) is 18.3 Å². The van der Waals surface area contributed by atoms with Crippen LogP contribution in [0.5, 0.6) is 0 Å². The normalized spacial score (nSPS) is 22.9. The van der Waals surface area contributed by atoms with Gasteiger partial charge in [0.1, 0.15) is 11.8 Å². The summed E-state index contributed by atoms with van der Waals surface area (Å²) in [5.74, 6) is 0.232. The highest BCUT2D eigenvalue weighted by Gasteiger charge is 2.37. The van der Waals surface area contributed by atoms with Crippen molar-refractivity contribution in [2.24, 2.45) is 0 Å². The zero-order valence-corrected chi connectivity index (χ0v) is 19.8. The molecule has 1 aromatic carbocycles. The Morgan fingerprint density at radius 2 is 1.78 bits per heavy atom. The fourth-order valence-electron chi connectivity index (χ4n) is 4.94. The summed E-state index contributed by atoms with van der Waals surface area (Å²) >= 11 is 0. The Bertz CT molecular complexity index is 1210. The topological polar surface area (TPSA) is 76.2 Å². The lowest BCUT2D eigenvalue weighted by Gasteiger charge is -2.22. The Hall–Kier alpha value is -2.76. The second-order valence-electron chi connectivity index (χ2n) is 9.72. The monoisotopic (exact) mass is 503 g/mol. The Morgan fingerprint density at radius 1 is 0.944 bits per heavy atom. The average Bonchev–Trinajstić information content (AvgIpc) is 3.22. The minimum absolute atomic E-state index is 0.0641. The lowest BCUT2D eigenvalue weighted by Crippen LogP contribution is -2.32. The van der Waals surface area contributed by atoms with Crippen LogP contribution in [0.1, 0.15) is 42.7 Å². The van der Waals surface area contributed by atoms with Crippen molar-refractivity contribution in [2.45, 2.75) is 63.1 Å². The number of benzene rings is 1. The van der Waals surface area contributed by atoms with Gasteiger partial charge < -0.3 is 14.2 Å². The van der Waals surface area contributed by atoms with E-state index in [0.717, 1.165) is 43.9 Å². The molecule has 3 fully saturated rings. The number of alkyl halides is 3. The van der Waals surface area contributed by atoms with Gasteiger partial charge in [-0.05, 0) is 37.7 Å². The molecule has 0 N–H and O–H groups in total. The summed E-state index contributed by atoms with van der Waals surface area (Å²) in [6, 6.07) is 4.33. The second kappa shape index (κ2) is 9.60. The van der Waals surface area contributed by atoms with E-state index >= 15 is 0 Å². The number of aromatic nitrogens is 5. The molecule has 1 aliphatic carbocycles. The van der Waals surface area contributed by atoms with E-state index in [1.165, 1.54) is 6.07 Å². The summed E-state index contributed by atoms with van der Waals surface area (Å²) in [6.07, 6.45) is 2.74. The number of hydrogen-bond acceptors (Lipinski definition) is 6. The van der Waals surface area contributed by atoms with E-state index in [2.05, 4.69) is 15.4 Å². The molecule has 2 aliphatic heterocycles. The van der Waals surface area contributed by atoms with Crippen molar-refractivity contribution >= 4 is 0 Å². The first-order valence-electron chi connectivity index (χ1n) is 12.4. The molecule has 0 unspecified atom stereocenters. The summed E-state index contributed by atoms with van der Waals surface area (Å²) in [4.78, 5) is 0. The molecule has 6 rings (SSSR count). The molecule has 192 valence electrons. The zero-order chi connectivity index (χ0) is 24.7. The van der Waals surface area contributed by atoms with Gasteiger partial charge in [-0.1, -0.05) is 17.3 Å². The summed E-state index contributed by atoms with van der Waals surface area (Å²) in [5, 5.41) is 12.8. The van der Waals surface area contributed by atoms with Crippen LogP contribution in [0.4, 0.5) is 13.2 Å². The van der Waals surface area contributed by atoms with E-state index in [1.54, 1.807) is 21.6 Å². The van der Waals surface area contributed by atoms with Gasteiger partial charge in [0.15, 0.2) is 0 Å². The van der Waals surface area contributed by atoms with E-state index in [4.69, 9.17) is 14.2 Å². The van der Waals surface area contributed by atoms with Crippen LogP contribution < -0.4 is 0 Å². The van der Waals surface area contributed by atoms with Crippen LogP contribution >= 0.6 is 0 Å². The number of halogens is 3. The molecule has 36 heavy (non-hydrogen) atoms. The predicted molar refractivity (Wildman–Crippen MR) is 123 cm³/mol. The Labute approximate surface area is 206 Å². The quantitative estimate of drug-likeness (QED) is 0.479. The molecule has 0 radical (unpaired) electrons. The maximum absolute atomic E-state index is 14.3. The first-order chi connectivity index (χ1) is 17.4. The highest BCUT2D eigenvalue weighted by atomic mass is 19.4. The summed E-state index contributed by atoms with van der Waals surface area (Å²) in [7, 11) is 0. The van der Waals surface area contributed by atoms with Crippen LogP contribution in [0.15, 0.2) is 30.6 Å². The first-order valence-corrected chi connectivity index (χ1v) is 12.4. The predicted octanol–water partition coefficient (Wildman–Crippen LogP) is 4.30. The molecule has 3 aliphatic rings. The minimum atomic E-state index is -4.55. The molecule has 11 heteroatoms. The van der Waals surface area contributed by atoms with Crippen molar-refractivity contribution in [3.63, 3.8) is 0 Å². The van der Waals surface area contributed by atoms with Gasteiger partial charge in [0.25, 0.3) is 0 Å². The van der Waals surface area contributed by atoms with E-state index in [9.17, 15) is 13.2 Å². The molecule has 0 amide bonds. The zero-order valence-electron chi connectivity index (χ0n) is 19.8. The van der Waals surface area contributed by atoms with Gasteiger partial charge in [0.05, 0.1) is 56.5 Å². The molecule has 0 spiro atoms. The maximum atomic E-state index is 14.3. The standard InChI is InChI=1S/C25H28F3N5O3/c26-25(27,28)22-10-17(23-14-33(31-29-23)11-18-2-1-7-35-18)5-6-20(22)24-21(16-3-4-16)13-32(30-24)12-19-15-34-8-9-36-19/h5-6,10,13-14,16,18-19H,1-4,7-9,11-12,15H2/t18-,19-/m0/s1. The average molecular weight is 504 g/mol. The van der Waals surface area contributed by atoms with Gasteiger partial charge in [0.2, 0.25) is 0 Å². The van der Waals surface area contributed by atoms with Crippen molar-refractivity contribution in [2.75, 3.05) is 26.4 Å².